The van der Waals surface area contributed by atoms with Crippen LogP contribution in [0.1, 0.15) is 28.3 Å². The summed E-state index contributed by atoms with van der Waals surface area (Å²) in [5, 5.41) is 0. The van der Waals surface area contributed by atoms with E-state index in [-0.39, 0.29) is 16.7 Å². The van der Waals surface area contributed by atoms with Gasteiger partial charge in [-0.1, -0.05) is 24.3 Å². The molecular weight excluding hydrogens is 454 g/mol. The molecule has 0 aromatic heterocycles. The van der Waals surface area contributed by atoms with Crippen molar-refractivity contribution >= 4 is 10.1 Å². The Bertz CT molecular complexity index is 1320. The van der Waals surface area contributed by atoms with Gasteiger partial charge in [0.1, 0.15) is 4.90 Å². The van der Waals surface area contributed by atoms with Crippen LogP contribution in [0.4, 0.5) is 0 Å². The summed E-state index contributed by atoms with van der Waals surface area (Å²) < 4.78 is 48.3. The van der Waals surface area contributed by atoms with Gasteiger partial charge in [0.2, 0.25) is 0 Å². The van der Waals surface area contributed by atoms with Gasteiger partial charge in [-0.15, -0.1) is 0 Å². The zero-order valence-electron chi connectivity index (χ0n) is 19.4. The molecule has 1 atom stereocenters. The second kappa shape index (κ2) is 8.85. The van der Waals surface area contributed by atoms with E-state index < -0.39 is 10.1 Å². The van der Waals surface area contributed by atoms with Crippen molar-refractivity contribution in [1.82, 2.24) is 4.90 Å². The molecule has 34 heavy (non-hydrogen) atoms. The first-order valence-electron chi connectivity index (χ1n) is 11.1. The summed E-state index contributed by atoms with van der Waals surface area (Å²) in [5.74, 6) is 2.11. The molecule has 0 bridgehead atoms. The van der Waals surface area contributed by atoms with E-state index in [1.54, 1.807) is 38.5 Å². The maximum Gasteiger partial charge on any atom is 0.339 e. The van der Waals surface area contributed by atoms with Gasteiger partial charge in [0.25, 0.3) is 0 Å². The molecule has 0 fully saturated rings. The van der Waals surface area contributed by atoms with Crippen LogP contribution in [0.25, 0.3) is 0 Å². The van der Waals surface area contributed by atoms with Crippen LogP contribution < -0.4 is 18.4 Å². The van der Waals surface area contributed by atoms with E-state index >= 15 is 0 Å². The minimum atomic E-state index is -4.00. The van der Waals surface area contributed by atoms with Crippen molar-refractivity contribution in [2.24, 2.45) is 0 Å². The van der Waals surface area contributed by atoms with Crippen LogP contribution >= 0.6 is 0 Å². The molecule has 0 saturated carbocycles. The van der Waals surface area contributed by atoms with E-state index in [9.17, 15) is 8.42 Å². The van der Waals surface area contributed by atoms with Gasteiger partial charge in [0, 0.05) is 24.7 Å². The Morgan fingerprint density at radius 3 is 2.26 bits per heavy atom. The summed E-state index contributed by atoms with van der Waals surface area (Å²) in [6.07, 6.45) is 1.59. The fourth-order valence-corrected chi connectivity index (χ4v) is 5.92. The lowest BCUT2D eigenvalue weighted by Gasteiger charge is -2.42. The average molecular weight is 482 g/mol. The molecule has 8 heteroatoms. The van der Waals surface area contributed by atoms with Crippen LogP contribution in [0.5, 0.6) is 23.0 Å². The molecule has 0 saturated heterocycles. The molecule has 1 unspecified atom stereocenters. The molecule has 0 amide bonds. The molecular formula is C26H27NO6S. The summed E-state index contributed by atoms with van der Waals surface area (Å²) in [6, 6.07) is 16.2. The summed E-state index contributed by atoms with van der Waals surface area (Å²) in [5.41, 5.74) is 4.35. The Balaban J connectivity index is 1.54. The third kappa shape index (κ3) is 3.86. The van der Waals surface area contributed by atoms with E-state index in [2.05, 4.69) is 17.0 Å². The zero-order chi connectivity index (χ0) is 23.9. The quantitative estimate of drug-likeness (QED) is 0.490. The van der Waals surface area contributed by atoms with Crippen LogP contribution in [0.3, 0.4) is 0 Å². The number of benzene rings is 3. The lowest BCUT2D eigenvalue weighted by Crippen LogP contribution is -2.39. The van der Waals surface area contributed by atoms with Crippen molar-refractivity contribution in [1.29, 1.82) is 0 Å². The number of fused-ring (bicyclic) bond motifs is 4. The Morgan fingerprint density at radius 1 is 0.853 bits per heavy atom. The maximum absolute atomic E-state index is 13.0. The highest BCUT2D eigenvalue weighted by atomic mass is 32.2. The van der Waals surface area contributed by atoms with Crippen molar-refractivity contribution in [3.63, 3.8) is 0 Å². The standard InChI is InChI=1S/C26H27NO6S/c1-30-23-10-9-17-13-22-20-15-25(32-3)24(31-2)14-18(20)11-12-27(22)16-21(17)26(23)33-34(28,29)19-7-5-4-6-8-19/h4-10,14-15,22H,11-13,16H2,1-3H3. The molecule has 2 aliphatic rings. The van der Waals surface area contributed by atoms with Crippen LogP contribution in [0.15, 0.2) is 59.5 Å². The monoisotopic (exact) mass is 481 g/mol. The van der Waals surface area contributed by atoms with E-state index in [1.807, 2.05) is 6.07 Å². The fraction of sp³-hybridized carbons (Fsp3) is 0.308. The molecule has 3 aromatic carbocycles. The first kappa shape index (κ1) is 22.6. The second-order valence-corrected chi connectivity index (χ2v) is 9.98. The SMILES string of the molecule is COc1cc2c(cc1OC)C1Cc3ccc(OC)c(OS(=O)(=O)c4ccccc4)c3CN1CC2. The molecule has 178 valence electrons. The Hall–Kier alpha value is -3.23. The van der Waals surface area contributed by atoms with Gasteiger partial charge in [0.15, 0.2) is 23.0 Å². The van der Waals surface area contributed by atoms with Crippen molar-refractivity contribution in [3.05, 3.63) is 76.9 Å². The first-order chi connectivity index (χ1) is 16.4. The molecule has 2 aliphatic heterocycles. The molecule has 7 nitrogen and oxygen atoms in total. The van der Waals surface area contributed by atoms with Crippen molar-refractivity contribution in [3.8, 4) is 23.0 Å². The molecule has 5 rings (SSSR count). The number of methoxy groups -OCH3 is 3. The summed E-state index contributed by atoms with van der Waals surface area (Å²) in [4.78, 5) is 2.47. The lowest BCUT2D eigenvalue weighted by atomic mass is 9.83. The third-order valence-corrected chi connectivity index (χ3v) is 7.89. The second-order valence-electron chi connectivity index (χ2n) is 8.43. The Kier molecular flexibility index (Phi) is 5.87. The summed E-state index contributed by atoms with van der Waals surface area (Å²) in [6.45, 7) is 1.40. The predicted molar refractivity (Wildman–Crippen MR) is 127 cm³/mol. The zero-order valence-corrected chi connectivity index (χ0v) is 20.2. The number of rotatable bonds is 6. The molecule has 0 aliphatic carbocycles. The Morgan fingerprint density at radius 2 is 1.56 bits per heavy atom. The number of ether oxygens (including phenoxy) is 3. The molecule has 2 heterocycles. The minimum absolute atomic E-state index is 0.108. The topological polar surface area (TPSA) is 74.3 Å². The van der Waals surface area contributed by atoms with Crippen molar-refractivity contribution in [2.75, 3.05) is 27.9 Å². The fourth-order valence-electron chi connectivity index (χ4n) is 4.93. The maximum atomic E-state index is 13.0. The molecule has 0 spiro atoms. The van der Waals surface area contributed by atoms with Gasteiger partial charge < -0.3 is 18.4 Å². The van der Waals surface area contributed by atoms with E-state index in [1.165, 1.54) is 30.4 Å². The first-order valence-corrected chi connectivity index (χ1v) is 12.5. The van der Waals surface area contributed by atoms with E-state index in [4.69, 9.17) is 18.4 Å². The van der Waals surface area contributed by atoms with Crippen molar-refractivity contribution in [2.45, 2.75) is 30.3 Å². The predicted octanol–water partition coefficient (Wildman–Crippen LogP) is 4.14. The normalized spacial score (nSPS) is 17.2. The molecule has 3 aromatic rings. The third-order valence-electron chi connectivity index (χ3n) is 6.65. The number of nitrogens with zero attached hydrogens (tertiary/aromatic N) is 1. The van der Waals surface area contributed by atoms with Gasteiger partial charge in [-0.3, -0.25) is 4.90 Å². The number of hydrogen-bond acceptors (Lipinski definition) is 7. The van der Waals surface area contributed by atoms with Gasteiger partial charge in [-0.05, 0) is 59.9 Å². The summed E-state index contributed by atoms with van der Waals surface area (Å²) >= 11 is 0. The van der Waals surface area contributed by atoms with Gasteiger partial charge in [0.05, 0.1) is 21.3 Å². The van der Waals surface area contributed by atoms with Gasteiger partial charge in [-0.25, -0.2) is 0 Å². The van der Waals surface area contributed by atoms with Gasteiger partial charge in [-0.2, -0.15) is 8.42 Å². The van der Waals surface area contributed by atoms with Gasteiger partial charge >= 0.3 is 10.1 Å². The Labute approximate surface area is 200 Å². The lowest BCUT2D eigenvalue weighted by molar-refractivity contribution is 0.158. The highest BCUT2D eigenvalue weighted by Crippen LogP contribution is 2.46. The van der Waals surface area contributed by atoms with E-state index in [0.717, 1.165) is 36.3 Å². The highest BCUT2D eigenvalue weighted by molar-refractivity contribution is 7.87. The van der Waals surface area contributed by atoms with Crippen molar-refractivity contribution < 1.29 is 26.8 Å². The van der Waals surface area contributed by atoms with Crippen LogP contribution in [0.2, 0.25) is 0 Å². The average Bonchev–Trinajstić information content (AvgIpc) is 2.87. The van der Waals surface area contributed by atoms with Crippen LogP contribution in [0, 0.1) is 0 Å². The minimum Gasteiger partial charge on any atom is -0.493 e. The largest absolute Gasteiger partial charge is 0.493 e. The molecule has 0 radical (unpaired) electrons. The van der Waals surface area contributed by atoms with Crippen LogP contribution in [-0.4, -0.2) is 41.2 Å². The smallest absolute Gasteiger partial charge is 0.339 e. The highest BCUT2D eigenvalue weighted by Gasteiger charge is 2.36. The van der Waals surface area contributed by atoms with E-state index in [0.29, 0.717) is 18.0 Å². The van der Waals surface area contributed by atoms with Crippen LogP contribution in [-0.2, 0) is 29.5 Å². The number of hydrogen-bond donors (Lipinski definition) is 0. The summed E-state index contributed by atoms with van der Waals surface area (Å²) in [7, 11) is 0.807. The molecule has 0 N–H and O–H groups in total.